The number of para-hydroxylation sites is 1. The highest BCUT2D eigenvalue weighted by molar-refractivity contribution is 6.04. The monoisotopic (exact) mass is 1420 g/mol. The summed E-state index contributed by atoms with van der Waals surface area (Å²) < 4.78 is 34.9. The Hall–Kier alpha value is -7.61. The highest BCUT2D eigenvalue weighted by Gasteiger charge is 2.55. The molecule has 2 aromatic rings. The van der Waals surface area contributed by atoms with Crippen molar-refractivity contribution in [2.45, 2.75) is 206 Å². The molecule has 24 unspecified atom stereocenters. The fourth-order valence-corrected chi connectivity index (χ4v) is 12.6. The number of carbonyl (C=O) groups excluding carboxylic acids is 7. The van der Waals surface area contributed by atoms with Crippen LogP contribution in [0.3, 0.4) is 0 Å². The van der Waals surface area contributed by atoms with Gasteiger partial charge in [0.1, 0.15) is 128 Å². The lowest BCUT2D eigenvalue weighted by atomic mass is 9.95. The Morgan fingerprint density at radius 2 is 1.21 bits per heavy atom. The van der Waals surface area contributed by atoms with E-state index in [1.165, 1.54) is 37.3 Å². The molecule has 0 spiro atoms. The predicted octanol–water partition coefficient (Wildman–Crippen LogP) is -9.98. The van der Waals surface area contributed by atoms with Crippen LogP contribution in [0.2, 0.25) is 0 Å². The first-order valence-corrected chi connectivity index (χ1v) is 32.8. The number of hydrogen-bond acceptors (Lipinski definition) is 28. The number of nitrogens with one attached hydrogen (secondary N) is 10. The average Bonchev–Trinajstić information content (AvgIpc) is 1.57. The zero-order chi connectivity index (χ0) is 73.1. The van der Waals surface area contributed by atoms with Crippen molar-refractivity contribution in [3.8, 4) is 5.75 Å². The van der Waals surface area contributed by atoms with E-state index in [-0.39, 0.29) is 29.5 Å². The molecule has 6 amide bonds. The van der Waals surface area contributed by atoms with Gasteiger partial charge < -0.3 is 142 Å². The zero-order valence-corrected chi connectivity index (χ0v) is 55.1. The van der Waals surface area contributed by atoms with Crippen LogP contribution in [0.5, 0.6) is 5.75 Å². The van der Waals surface area contributed by atoms with Gasteiger partial charge in [-0.15, -0.1) is 0 Å². The topological polar surface area (TPSA) is 588 Å². The molecule has 6 heterocycles. The molecule has 0 saturated carbocycles. The Bertz CT molecular complexity index is 3170. The van der Waals surface area contributed by atoms with Gasteiger partial charge in [0.15, 0.2) is 24.4 Å². The van der Waals surface area contributed by atoms with Gasteiger partial charge in [-0.3, -0.25) is 49.3 Å². The highest BCUT2D eigenvalue weighted by Crippen LogP contribution is 2.33. The second-order valence-corrected chi connectivity index (χ2v) is 25.3. The Morgan fingerprint density at radius 1 is 0.620 bits per heavy atom. The molecule has 0 radical (unpaired) electrons. The van der Waals surface area contributed by atoms with Crippen molar-refractivity contribution in [1.82, 2.24) is 47.4 Å². The van der Waals surface area contributed by atoms with E-state index in [4.69, 9.17) is 39.2 Å². The molecule has 6 aliphatic heterocycles. The van der Waals surface area contributed by atoms with Gasteiger partial charge in [0, 0.05) is 25.2 Å². The molecule has 2 aromatic carbocycles. The number of anilines is 1. The molecular weight excluding hydrogens is 1330 g/mol. The number of aliphatic hydroxyl groups is 13. The van der Waals surface area contributed by atoms with Gasteiger partial charge in [-0.05, 0) is 56.0 Å². The van der Waals surface area contributed by atoms with E-state index in [0.717, 1.165) is 9.80 Å². The van der Waals surface area contributed by atoms with Crippen LogP contribution < -0.4 is 52.2 Å². The summed E-state index contributed by atoms with van der Waals surface area (Å²) in [5, 5.41) is 179. The second-order valence-electron chi connectivity index (χ2n) is 25.3. The third kappa shape index (κ3) is 17.8. The first-order chi connectivity index (χ1) is 47.6. The fourth-order valence-electron chi connectivity index (χ4n) is 12.6. The minimum absolute atomic E-state index is 0.0861. The molecule has 6 saturated heterocycles. The number of aryl methyl sites for hydroxylation is 1. The molecule has 23 N–H and O–H groups in total. The highest BCUT2D eigenvalue weighted by atomic mass is 16.7. The molecule has 24 atom stereocenters. The Balaban J connectivity index is 1.13. The number of nitrogens with zero attached hydrogens (tertiary/aromatic N) is 2. The molecule has 0 aromatic heterocycles. The van der Waals surface area contributed by atoms with Crippen LogP contribution in [0.4, 0.5) is 5.69 Å². The van der Waals surface area contributed by atoms with E-state index in [0.29, 0.717) is 31.2 Å². The van der Waals surface area contributed by atoms with E-state index in [1.807, 2.05) is 13.8 Å². The Morgan fingerprint density at radius 3 is 1.83 bits per heavy atom. The van der Waals surface area contributed by atoms with Crippen LogP contribution in [-0.4, -0.2) is 317 Å². The number of rotatable bonds is 22. The molecule has 0 bridgehead atoms. The average molecular weight is 1420 g/mol. The number of ether oxygens (including phenoxy) is 6. The van der Waals surface area contributed by atoms with Gasteiger partial charge in [-0.1, -0.05) is 57.0 Å². The Labute approximate surface area is 572 Å². The van der Waals surface area contributed by atoms with Crippen molar-refractivity contribution >= 4 is 59.0 Å². The minimum atomic E-state index is -2.37. The number of aliphatic hydroxyl groups excluding tert-OH is 13. The number of hydrogen-bond donors (Lipinski definition) is 23. The summed E-state index contributed by atoms with van der Waals surface area (Å²) >= 11 is 0. The SMILES string of the molecule is CCCC(CCC)C(=O)OCC1OC(Oc2ccc(CC3NC(=O)C(C)N(c4ccccc4C)C(=O)CNC(=O)C(CO)NC(=O)C(C(O)C4CNC(=N)N4C4OC(CO)C(O)C(O)C4O)NC(=O)C(C(O)C4CNC(=N)N4)NC3=O)cc2)C(O)C(O)C1OC1OC(CO)C(O)C(O)C1O. The zero-order valence-electron chi connectivity index (χ0n) is 55.1. The molecule has 6 aliphatic rings. The van der Waals surface area contributed by atoms with Crippen molar-refractivity contribution in [2.24, 2.45) is 5.92 Å². The Kier molecular flexibility index (Phi) is 27.2. The molecular formula is C62H92N12O26. The van der Waals surface area contributed by atoms with Crippen molar-refractivity contribution in [3.05, 3.63) is 59.7 Å². The third-order valence-electron chi connectivity index (χ3n) is 18.4. The van der Waals surface area contributed by atoms with Crippen LogP contribution in [-0.2, 0) is 63.7 Å². The summed E-state index contributed by atoms with van der Waals surface area (Å²) in [5.74, 6) is -9.53. The van der Waals surface area contributed by atoms with Crippen LogP contribution >= 0.6 is 0 Å². The lowest BCUT2D eigenvalue weighted by Gasteiger charge is -2.46. The number of carbonyl (C=O) groups is 7. The van der Waals surface area contributed by atoms with Crippen molar-refractivity contribution in [3.63, 3.8) is 0 Å². The number of benzene rings is 2. The summed E-state index contributed by atoms with van der Waals surface area (Å²) in [4.78, 5) is 104. The van der Waals surface area contributed by atoms with Gasteiger partial charge in [-0.2, -0.15) is 0 Å². The van der Waals surface area contributed by atoms with Gasteiger partial charge in [-0.25, -0.2) is 0 Å². The smallest absolute Gasteiger partial charge is 0.309 e. The summed E-state index contributed by atoms with van der Waals surface area (Å²) in [6, 6.07) is -1.28. The summed E-state index contributed by atoms with van der Waals surface area (Å²) in [6.07, 6.45) is -30.1. The van der Waals surface area contributed by atoms with Crippen molar-refractivity contribution < 1.29 is 128 Å². The van der Waals surface area contributed by atoms with E-state index in [9.17, 15) is 90.4 Å². The number of amides is 6. The fraction of sp³-hybridized carbons (Fsp3) is 0.661. The van der Waals surface area contributed by atoms with Crippen LogP contribution in [0.25, 0.3) is 0 Å². The quantitative estimate of drug-likeness (QED) is 0.0487. The van der Waals surface area contributed by atoms with Crippen molar-refractivity contribution in [2.75, 3.05) is 51.0 Å². The van der Waals surface area contributed by atoms with E-state index in [2.05, 4.69) is 42.5 Å². The standard InChI is InChI=1S/C62H92N12O26/c1-5-9-28(10-6-2)58(94)95-24-37-51(100-60-49(87)46(84)44(82)36(23-77)98-60)47(85)50(88)59(99-37)96-29-15-13-27(14-16-29)17-30-54(91)71-39(41(79)31-18-66-61(63)70-31)56(93)72-40(42(80)34-19-67-62(64)74(34)57-48(86)45(83)43(81)35(22-76)97-57)55(92)69-32(21-75)53(90)65-20-38(78)73(26(4)52(89)68-30)33-12-8-7-11-25(33)3/h7-8,11-16,26,28,30-32,34-37,39-51,57,59-60,75-77,79-88H,5-6,9-10,17-24H2,1-4H3,(H2,64,67)(H,65,90)(H,68,89)(H,69,92)(H,71,91)(H,72,93)(H3,63,66,70). The lowest BCUT2D eigenvalue weighted by Crippen LogP contribution is -2.69. The van der Waals surface area contributed by atoms with Crippen LogP contribution in [0, 0.1) is 23.7 Å². The maximum atomic E-state index is 15.2. The van der Waals surface area contributed by atoms with Crippen molar-refractivity contribution in [1.29, 1.82) is 10.8 Å². The molecule has 556 valence electrons. The minimum Gasteiger partial charge on any atom is -0.463 e. The largest absolute Gasteiger partial charge is 0.463 e. The predicted molar refractivity (Wildman–Crippen MR) is 340 cm³/mol. The summed E-state index contributed by atoms with van der Waals surface area (Å²) in [6.45, 7) is 1.42. The van der Waals surface area contributed by atoms with Gasteiger partial charge in [0.05, 0.1) is 44.4 Å². The molecule has 38 nitrogen and oxygen atoms in total. The van der Waals surface area contributed by atoms with Gasteiger partial charge in [0.25, 0.3) is 0 Å². The number of esters is 1. The van der Waals surface area contributed by atoms with Crippen LogP contribution in [0.1, 0.15) is 57.6 Å². The summed E-state index contributed by atoms with van der Waals surface area (Å²) in [7, 11) is 0. The molecule has 100 heavy (non-hydrogen) atoms. The first-order valence-electron chi connectivity index (χ1n) is 32.8. The normalized spacial score (nSPS) is 35.0. The van der Waals surface area contributed by atoms with E-state index in [1.54, 1.807) is 25.1 Å². The van der Waals surface area contributed by atoms with Gasteiger partial charge in [0.2, 0.25) is 41.7 Å². The first kappa shape index (κ1) is 78.1. The molecule has 0 aliphatic carbocycles. The maximum absolute atomic E-state index is 15.2. The second kappa shape index (κ2) is 34.8. The van der Waals surface area contributed by atoms with Gasteiger partial charge >= 0.3 is 5.97 Å². The number of guanidine groups is 2. The maximum Gasteiger partial charge on any atom is 0.309 e. The molecule has 8 rings (SSSR count). The van der Waals surface area contributed by atoms with E-state index < -0.39 is 246 Å². The summed E-state index contributed by atoms with van der Waals surface area (Å²) in [5.41, 5.74) is 0.785. The molecule has 38 heteroatoms. The molecule has 6 fully saturated rings. The van der Waals surface area contributed by atoms with E-state index >= 15 is 9.59 Å². The lowest BCUT2D eigenvalue weighted by molar-refractivity contribution is -0.352. The van der Waals surface area contributed by atoms with Crippen LogP contribution in [0.15, 0.2) is 48.5 Å². The third-order valence-corrected chi connectivity index (χ3v) is 18.4.